The molecule has 1 aromatic carbocycles. The number of nitrogens with two attached hydrogens (primary N) is 1. The lowest BCUT2D eigenvalue weighted by atomic mass is 9.93. The van der Waals surface area contributed by atoms with Gasteiger partial charge in [0.15, 0.2) is 0 Å². The Morgan fingerprint density at radius 2 is 2.06 bits per heavy atom. The molecule has 16 heavy (non-hydrogen) atoms. The lowest BCUT2D eigenvalue weighted by Crippen LogP contribution is -2.28. The van der Waals surface area contributed by atoms with Crippen LogP contribution < -0.4 is 5.73 Å². The van der Waals surface area contributed by atoms with Gasteiger partial charge in [-0.15, -0.1) is 0 Å². The summed E-state index contributed by atoms with van der Waals surface area (Å²) in [6, 6.07) is 6.37. The molecular formula is C13H20BrNO. The molecule has 0 bridgehead atoms. The van der Waals surface area contributed by atoms with Gasteiger partial charge < -0.3 is 10.5 Å². The van der Waals surface area contributed by atoms with Crippen molar-refractivity contribution in [3.8, 4) is 0 Å². The number of rotatable bonds is 5. The highest BCUT2D eigenvalue weighted by atomic mass is 79.9. The van der Waals surface area contributed by atoms with Crippen LogP contribution in [-0.2, 0) is 11.2 Å². The minimum absolute atomic E-state index is 0.0567. The summed E-state index contributed by atoms with van der Waals surface area (Å²) >= 11 is 3.60. The van der Waals surface area contributed by atoms with Crippen molar-refractivity contribution in [3.05, 3.63) is 33.8 Å². The summed E-state index contributed by atoms with van der Waals surface area (Å²) in [5.74, 6) is 0.516. The summed E-state index contributed by atoms with van der Waals surface area (Å²) in [5.41, 5.74) is 8.68. The molecule has 2 nitrogen and oxygen atoms in total. The Morgan fingerprint density at radius 1 is 1.38 bits per heavy atom. The van der Waals surface area contributed by atoms with Crippen molar-refractivity contribution in [1.82, 2.24) is 0 Å². The Kier molecular flexibility index (Phi) is 5.46. The molecule has 0 amide bonds. The van der Waals surface area contributed by atoms with Gasteiger partial charge in [0.2, 0.25) is 0 Å². The van der Waals surface area contributed by atoms with Crippen LogP contribution in [0.1, 0.15) is 30.9 Å². The van der Waals surface area contributed by atoms with Gasteiger partial charge in [-0.05, 0) is 29.5 Å². The third-order valence-corrected chi connectivity index (χ3v) is 3.37. The molecule has 0 radical (unpaired) electrons. The second-order valence-corrected chi connectivity index (χ2v) is 5.24. The fourth-order valence-electron chi connectivity index (χ4n) is 1.87. The fourth-order valence-corrected chi connectivity index (χ4v) is 2.41. The highest BCUT2D eigenvalue weighted by molar-refractivity contribution is 9.10. The van der Waals surface area contributed by atoms with Gasteiger partial charge >= 0.3 is 0 Å². The molecule has 1 aromatic rings. The van der Waals surface area contributed by atoms with Crippen LogP contribution in [0.25, 0.3) is 0 Å². The van der Waals surface area contributed by atoms with E-state index in [1.807, 2.05) is 0 Å². The van der Waals surface area contributed by atoms with Crippen molar-refractivity contribution in [2.24, 2.45) is 5.73 Å². The van der Waals surface area contributed by atoms with Gasteiger partial charge in [0.25, 0.3) is 0 Å². The van der Waals surface area contributed by atoms with Gasteiger partial charge in [-0.1, -0.05) is 41.9 Å². The molecule has 1 rings (SSSR count). The molecule has 0 aliphatic heterocycles. The Labute approximate surface area is 106 Å². The molecule has 0 aliphatic rings. The van der Waals surface area contributed by atoms with Crippen LogP contribution >= 0.6 is 15.9 Å². The van der Waals surface area contributed by atoms with Crippen LogP contribution in [0.5, 0.6) is 0 Å². The first-order valence-corrected chi connectivity index (χ1v) is 6.37. The number of halogens is 1. The molecule has 0 saturated heterocycles. The molecule has 0 heterocycles. The van der Waals surface area contributed by atoms with E-state index in [-0.39, 0.29) is 6.04 Å². The molecule has 90 valence electrons. The predicted octanol–water partition coefficient (Wildman–Crippen LogP) is 3.09. The summed E-state index contributed by atoms with van der Waals surface area (Å²) in [7, 11) is 1.68. The summed E-state index contributed by atoms with van der Waals surface area (Å²) in [6.07, 6.45) is 0.850. The fraction of sp³-hybridized carbons (Fsp3) is 0.538. The maximum atomic E-state index is 6.01. The standard InChI is InChI=1S/C13H20BrNO/c1-9(2)11-5-4-6-13(14)12(11)7-10(15)8-16-3/h4-6,9-10H,7-8,15H2,1-3H3/t10-/m1/s1. The van der Waals surface area contributed by atoms with Crippen LogP contribution in [0.3, 0.4) is 0 Å². The van der Waals surface area contributed by atoms with Crippen molar-refractivity contribution in [1.29, 1.82) is 0 Å². The van der Waals surface area contributed by atoms with Crippen LogP contribution in [0, 0.1) is 0 Å². The van der Waals surface area contributed by atoms with Crippen molar-refractivity contribution < 1.29 is 4.74 Å². The first-order chi connectivity index (χ1) is 7.56. The van der Waals surface area contributed by atoms with Crippen LogP contribution in [0.15, 0.2) is 22.7 Å². The molecule has 2 N–H and O–H groups in total. The second kappa shape index (κ2) is 6.38. The summed E-state index contributed by atoms with van der Waals surface area (Å²) in [5, 5.41) is 0. The third-order valence-electron chi connectivity index (χ3n) is 2.62. The average Bonchev–Trinajstić information content (AvgIpc) is 2.21. The topological polar surface area (TPSA) is 35.2 Å². The number of hydrogen-bond donors (Lipinski definition) is 1. The highest BCUT2D eigenvalue weighted by Crippen LogP contribution is 2.27. The minimum Gasteiger partial charge on any atom is -0.383 e. The molecule has 0 aromatic heterocycles. The molecular weight excluding hydrogens is 266 g/mol. The Morgan fingerprint density at radius 3 is 2.62 bits per heavy atom. The molecule has 1 atom stereocenters. The largest absolute Gasteiger partial charge is 0.383 e. The molecule has 0 saturated carbocycles. The molecule has 3 heteroatoms. The SMILES string of the molecule is COC[C@H](N)Cc1c(Br)cccc1C(C)C. The molecule has 0 fully saturated rings. The number of benzene rings is 1. The number of methoxy groups -OCH3 is 1. The van der Waals surface area contributed by atoms with Crippen LogP contribution in [0.4, 0.5) is 0 Å². The van der Waals surface area contributed by atoms with Gasteiger partial charge in [0.05, 0.1) is 6.61 Å². The lowest BCUT2D eigenvalue weighted by Gasteiger charge is -2.17. The first kappa shape index (κ1) is 13.7. The summed E-state index contributed by atoms with van der Waals surface area (Å²) in [4.78, 5) is 0. The number of hydrogen-bond acceptors (Lipinski definition) is 2. The highest BCUT2D eigenvalue weighted by Gasteiger charge is 2.13. The van der Waals surface area contributed by atoms with Crippen molar-refractivity contribution in [2.75, 3.05) is 13.7 Å². The van der Waals surface area contributed by atoms with Crippen LogP contribution in [-0.4, -0.2) is 19.8 Å². The van der Waals surface area contributed by atoms with E-state index in [0.717, 1.165) is 10.9 Å². The van der Waals surface area contributed by atoms with E-state index >= 15 is 0 Å². The van der Waals surface area contributed by atoms with E-state index < -0.39 is 0 Å². The maximum absolute atomic E-state index is 6.01. The van der Waals surface area contributed by atoms with Gasteiger partial charge in [-0.3, -0.25) is 0 Å². The smallest absolute Gasteiger partial charge is 0.0616 e. The van der Waals surface area contributed by atoms with Gasteiger partial charge in [-0.2, -0.15) is 0 Å². The first-order valence-electron chi connectivity index (χ1n) is 5.58. The predicted molar refractivity (Wildman–Crippen MR) is 71.8 cm³/mol. The Hall–Kier alpha value is -0.380. The molecule has 0 aliphatic carbocycles. The van der Waals surface area contributed by atoms with Crippen LogP contribution in [0.2, 0.25) is 0 Å². The second-order valence-electron chi connectivity index (χ2n) is 4.38. The third kappa shape index (κ3) is 3.58. The van der Waals surface area contributed by atoms with E-state index in [9.17, 15) is 0 Å². The van der Waals surface area contributed by atoms with Gasteiger partial charge in [-0.25, -0.2) is 0 Å². The molecule has 0 unspecified atom stereocenters. The van der Waals surface area contributed by atoms with Crippen molar-refractivity contribution in [2.45, 2.75) is 32.2 Å². The summed E-state index contributed by atoms with van der Waals surface area (Å²) in [6.45, 7) is 5.00. The molecule has 0 spiro atoms. The monoisotopic (exact) mass is 285 g/mol. The minimum atomic E-state index is 0.0567. The maximum Gasteiger partial charge on any atom is 0.0616 e. The van der Waals surface area contributed by atoms with E-state index in [2.05, 4.69) is 48.0 Å². The normalized spacial score (nSPS) is 13.1. The van der Waals surface area contributed by atoms with Gasteiger partial charge in [0, 0.05) is 17.6 Å². The zero-order chi connectivity index (χ0) is 12.1. The quantitative estimate of drug-likeness (QED) is 0.902. The van der Waals surface area contributed by atoms with Crippen molar-refractivity contribution >= 4 is 15.9 Å². The zero-order valence-electron chi connectivity index (χ0n) is 10.2. The summed E-state index contributed by atoms with van der Waals surface area (Å²) < 4.78 is 6.22. The van der Waals surface area contributed by atoms with E-state index in [4.69, 9.17) is 10.5 Å². The van der Waals surface area contributed by atoms with E-state index in [0.29, 0.717) is 12.5 Å². The van der Waals surface area contributed by atoms with E-state index in [1.165, 1.54) is 11.1 Å². The zero-order valence-corrected chi connectivity index (χ0v) is 11.8. The van der Waals surface area contributed by atoms with E-state index in [1.54, 1.807) is 7.11 Å². The Bertz CT molecular complexity index is 339. The lowest BCUT2D eigenvalue weighted by molar-refractivity contribution is 0.180. The van der Waals surface area contributed by atoms with Crippen molar-refractivity contribution in [3.63, 3.8) is 0 Å². The average molecular weight is 286 g/mol. The Balaban J connectivity index is 2.92. The van der Waals surface area contributed by atoms with Gasteiger partial charge in [0.1, 0.15) is 0 Å². The number of ether oxygens (including phenoxy) is 1.